The molecule has 0 saturated carbocycles. The van der Waals surface area contributed by atoms with Crippen LogP contribution in [0.5, 0.6) is 17.2 Å². The lowest BCUT2D eigenvalue weighted by Crippen LogP contribution is -2.41. The summed E-state index contributed by atoms with van der Waals surface area (Å²) in [5, 5.41) is 10.8. The Hall–Kier alpha value is -4.02. The summed E-state index contributed by atoms with van der Waals surface area (Å²) in [6.07, 6.45) is 0. The van der Waals surface area contributed by atoms with Gasteiger partial charge in [0.15, 0.2) is 11.5 Å². The van der Waals surface area contributed by atoms with Crippen molar-refractivity contribution in [2.45, 2.75) is 0 Å². The molecule has 11 nitrogen and oxygen atoms in total. The molecule has 4 N–H and O–H groups in total. The first kappa shape index (κ1) is 20.3. The number of amides is 2. The van der Waals surface area contributed by atoms with Crippen LogP contribution in [0.1, 0.15) is 20.7 Å². The summed E-state index contributed by atoms with van der Waals surface area (Å²) in [5.41, 5.74) is 9.69. The van der Waals surface area contributed by atoms with E-state index in [1.165, 1.54) is 45.6 Å². The van der Waals surface area contributed by atoms with Crippen LogP contribution in [0, 0.1) is 10.1 Å². The first-order valence-corrected chi connectivity index (χ1v) is 7.77. The van der Waals surface area contributed by atoms with Crippen LogP contribution in [-0.4, -0.2) is 38.1 Å². The van der Waals surface area contributed by atoms with Gasteiger partial charge in [-0.1, -0.05) is 0 Å². The van der Waals surface area contributed by atoms with Crippen molar-refractivity contribution < 1.29 is 28.7 Å². The van der Waals surface area contributed by atoms with E-state index in [4.69, 9.17) is 19.9 Å². The second-order valence-corrected chi connectivity index (χ2v) is 5.35. The third-order valence-electron chi connectivity index (χ3n) is 3.71. The van der Waals surface area contributed by atoms with Gasteiger partial charge in [-0.3, -0.25) is 30.6 Å². The number of methoxy groups -OCH3 is 3. The van der Waals surface area contributed by atoms with Crippen molar-refractivity contribution in [3.05, 3.63) is 51.6 Å². The van der Waals surface area contributed by atoms with Gasteiger partial charge in [0.25, 0.3) is 17.5 Å². The molecule has 0 saturated heterocycles. The van der Waals surface area contributed by atoms with E-state index in [-0.39, 0.29) is 34.0 Å². The number of carbonyl (C=O) groups excluding carboxylic acids is 2. The normalized spacial score (nSPS) is 9.96. The van der Waals surface area contributed by atoms with E-state index in [2.05, 4.69) is 10.9 Å². The number of nitrogens with zero attached hydrogens (tertiary/aromatic N) is 1. The number of nitrogen functional groups attached to an aromatic ring is 1. The van der Waals surface area contributed by atoms with Gasteiger partial charge in [-0.05, 0) is 18.2 Å². The van der Waals surface area contributed by atoms with Gasteiger partial charge in [0, 0.05) is 23.4 Å². The summed E-state index contributed by atoms with van der Waals surface area (Å²) in [4.78, 5) is 34.8. The number of carbonyl (C=O) groups is 2. The summed E-state index contributed by atoms with van der Waals surface area (Å²) in [7, 11) is 4.21. The standard InChI is InChI=1S/C17H18N4O7/c1-26-13-6-9(7-14(27-2)15(13)28-3)16(22)19-20-17(23)11-8-10(21(24)25)4-5-12(11)18/h4-8H,18H2,1-3H3,(H,19,22)(H,20,23). The molecule has 0 aromatic heterocycles. The summed E-state index contributed by atoms with van der Waals surface area (Å²) < 4.78 is 15.5. The predicted octanol–water partition coefficient (Wildman–Crippen LogP) is 1.28. The second-order valence-electron chi connectivity index (χ2n) is 5.35. The molecule has 28 heavy (non-hydrogen) atoms. The summed E-state index contributed by atoms with van der Waals surface area (Å²) in [5.74, 6) is -0.698. The average molecular weight is 390 g/mol. The zero-order valence-corrected chi connectivity index (χ0v) is 15.3. The monoisotopic (exact) mass is 390 g/mol. The number of rotatable bonds is 6. The van der Waals surface area contributed by atoms with Crippen molar-refractivity contribution in [3.8, 4) is 17.2 Å². The van der Waals surface area contributed by atoms with E-state index in [0.29, 0.717) is 5.75 Å². The fourth-order valence-electron chi connectivity index (χ4n) is 2.32. The predicted molar refractivity (Wildman–Crippen MR) is 98.5 cm³/mol. The molecule has 2 aromatic carbocycles. The van der Waals surface area contributed by atoms with Crippen LogP contribution in [0.2, 0.25) is 0 Å². The Kier molecular flexibility index (Phi) is 6.22. The van der Waals surface area contributed by atoms with Crippen LogP contribution < -0.4 is 30.8 Å². The Morgan fingerprint density at radius 3 is 2.04 bits per heavy atom. The molecule has 0 fully saturated rings. The molecule has 11 heteroatoms. The number of benzene rings is 2. The molecule has 0 aliphatic rings. The molecule has 0 spiro atoms. The highest BCUT2D eigenvalue weighted by atomic mass is 16.6. The molecule has 0 bridgehead atoms. The van der Waals surface area contributed by atoms with Gasteiger partial charge >= 0.3 is 0 Å². The van der Waals surface area contributed by atoms with Crippen molar-refractivity contribution in [1.82, 2.24) is 10.9 Å². The minimum absolute atomic E-state index is 0.0186. The minimum Gasteiger partial charge on any atom is -0.493 e. The van der Waals surface area contributed by atoms with Crippen molar-refractivity contribution in [2.24, 2.45) is 0 Å². The summed E-state index contributed by atoms with van der Waals surface area (Å²) in [6, 6.07) is 6.19. The molecule has 0 heterocycles. The molecule has 0 aliphatic heterocycles. The Labute approximate surface area is 159 Å². The number of anilines is 1. The Morgan fingerprint density at radius 2 is 1.54 bits per heavy atom. The van der Waals surface area contributed by atoms with E-state index in [1.54, 1.807) is 0 Å². The van der Waals surface area contributed by atoms with Crippen LogP contribution in [0.3, 0.4) is 0 Å². The minimum atomic E-state index is -0.818. The number of hydrogen-bond donors (Lipinski definition) is 3. The number of hydrazine groups is 1. The quantitative estimate of drug-likeness (QED) is 0.378. The Morgan fingerprint density at radius 1 is 0.964 bits per heavy atom. The van der Waals surface area contributed by atoms with Crippen LogP contribution >= 0.6 is 0 Å². The molecule has 2 rings (SSSR count). The second kappa shape index (κ2) is 8.58. The number of nitro groups is 1. The van der Waals surface area contributed by atoms with Crippen LogP contribution in [-0.2, 0) is 0 Å². The lowest BCUT2D eigenvalue weighted by Gasteiger charge is -2.14. The summed E-state index contributed by atoms with van der Waals surface area (Å²) >= 11 is 0. The Balaban J connectivity index is 2.19. The third kappa shape index (κ3) is 4.20. The van der Waals surface area contributed by atoms with Crippen molar-refractivity contribution in [3.63, 3.8) is 0 Å². The van der Waals surface area contributed by atoms with E-state index < -0.39 is 16.7 Å². The van der Waals surface area contributed by atoms with Gasteiger partial charge in [-0.2, -0.15) is 0 Å². The molecule has 0 radical (unpaired) electrons. The maximum Gasteiger partial charge on any atom is 0.272 e. The Bertz CT molecular complexity index is 905. The number of hydrogen-bond acceptors (Lipinski definition) is 8. The van der Waals surface area contributed by atoms with Gasteiger partial charge < -0.3 is 19.9 Å². The fraction of sp³-hybridized carbons (Fsp3) is 0.176. The van der Waals surface area contributed by atoms with Crippen molar-refractivity contribution >= 4 is 23.2 Å². The third-order valence-corrected chi connectivity index (χ3v) is 3.71. The topological polar surface area (TPSA) is 155 Å². The molecule has 2 aromatic rings. The highest BCUT2D eigenvalue weighted by Gasteiger charge is 2.19. The summed E-state index contributed by atoms with van der Waals surface area (Å²) in [6.45, 7) is 0. The van der Waals surface area contributed by atoms with Gasteiger partial charge in [0.05, 0.1) is 31.8 Å². The van der Waals surface area contributed by atoms with E-state index in [1.807, 2.05) is 0 Å². The van der Waals surface area contributed by atoms with Crippen molar-refractivity contribution in [2.75, 3.05) is 27.1 Å². The van der Waals surface area contributed by atoms with Crippen molar-refractivity contribution in [1.29, 1.82) is 0 Å². The number of non-ortho nitro benzene ring substituents is 1. The lowest BCUT2D eigenvalue weighted by atomic mass is 10.1. The van der Waals surface area contributed by atoms with Gasteiger partial charge in [-0.25, -0.2) is 0 Å². The highest BCUT2D eigenvalue weighted by molar-refractivity contribution is 6.02. The molecule has 0 aliphatic carbocycles. The van der Waals surface area contributed by atoms with E-state index in [9.17, 15) is 19.7 Å². The molecular weight excluding hydrogens is 372 g/mol. The lowest BCUT2D eigenvalue weighted by molar-refractivity contribution is -0.384. The largest absolute Gasteiger partial charge is 0.493 e. The highest BCUT2D eigenvalue weighted by Crippen LogP contribution is 2.38. The number of nitrogens with two attached hydrogens (primary N) is 1. The zero-order valence-electron chi connectivity index (χ0n) is 15.3. The van der Waals surface area contributed by atoms with Crippen LogP contribution in [0.15, 0.2) is 30.3 Å². The molecule has 0 unspecified atom stereocenters. The maximum absolute atomic E-state index is 12.4. The van der Waals surface area contributed by atoms with Gasteiger partial charge in [0.1, 0.15) is 0 Å². The molecule has 148 valence electrons. The van der Waals surface area contributed by atoms with Crippen LogP contribution in [0.25, 0.3) is 0 Å². The zero-order chi connectivity index (χ0) is 20.8. The molecule has 0 atom stereocenters. The smallest absolute Gasteiger partial charge is 0.272 e. The average Bonchev–Trinajstić information content (AvgIpc) is 2.70. The number of nitrogens with one attached hydrogen (secondary N) is 2. The van der Waals surface area contributed by atoms with E-state index >= 15 is 0 Å². The van der Waals surface area contributed by atoms with E-state index in [0.717, 1.165) is 6.07 Å². The molecular formula is C17H18N4O7. The first-order chi connectivity index (χ1) is 13.3. The van der Waals surface area contributed by atoms with Gasteiger partial charge in [0.2, 0.25) is 5.75 Å². The number of ether oxygens (including phenoxy) is 3. The fourth-order valence-corrected chi connectivity index (χ4v) is 2.32. The maximum atomic E-state index is 12.4. The molecule has 2 amide bonds. The van der Waals surface area contributed by atoms with Gasteiger partial charge in [-0.15, -0.1) is 0 Å². The first-order valence-electron chi connectivity index (χ1n) is 7.77. The number of nitro benzene ring substituents is 1. The SMILES string of the molecule is COc1cc(C(=O)NNC(=O)c2cc([N+](=O)[O-])ccc2N)cc(OC)c1OC. The van der Waals surface area contributed by atoms with Crippen LogP contribution in [0.4, 0.5) is 11.4 Å².